The van der Waals surface area contributed by atoms with Gasteiger partial charge >= 0.3 is 0 Å². The topological polar surface area (TPSA) is 81.2 Å². The molecule has 0 saturated heterocycles. The minimum atomic E-state index is -0.253. The van der Waals surface area contributed by atoms with Crippen molar-refractivity contribution in [2.45, 2.75) is 33.7 Å². The number of aryl methyl sites for hydroxylation is 2. The molecule has 22 heavy (non-hydrogen) atoms. The van der Waals surface area contributed by atoms with E-state index in [9.17, 15) is 4.79 Å². The Morgan fingerprint density at radius 2 is 2.00 bits per heavy atom. The number of anilines is 1. The van der Waals surface area contributed by atoms with Crippen molar-refractivity contribution >= 4 is 24.0 Å². The second-order valence-electron chi connectivity index (χ2n) is 5.46. The van der Waals surface area contributed by atoms with Crippen LogP contribution < -0.4 is 11.1 Å². The van der Waals surface area contributed by atoms with E-state index in [0.29, 0.717) is 5.89 Å². The lowest BCUT2D eigenvalue weighted by atomic mass is 10.0. The zero-order chi connectivity index (χ0) is 15.6. The maximum absolute atomic E-state index is 12.1. The van der Waals surface area contributed by atoms with Crippen LogP contribution in [-0.2, 0) is 4.79 Å². The molecule has 0 saturated carbocycles. The third-order valence-electron chi connectivity index (χ3n) is 3.56. The molecule has 120 valence electrons. The van der Waals surface area contributed by atoms with Crippen molar-refractivity contribution < 1.29 is 9.21 Å². The van der Waals surface area contributed by atoms with Crippen LogP contribution in [0.5, 0.6) is 0 Å². The van der Waals surface area contributed by atoms with Crippen LogP contribution in [0.25, 0.3) is 11.5 Å². The van der Waals surface area contributed by atoms with Crippen LogP contribution >= 0.6 is 12.4 Å². The van der Waals surface area contributed by atoms with E-state index < -0.39 is 0 Å². The molecular weight excluding hydrogens is 302 g/mol. The summed E-state index contributed by atoms with van der Waals surface area (Å²) >= 11 is 0. The van der Waals surface area contributed by atoms with Crippen LogP contribution in [0.4, 0.5) is 5.69 Å². The van der Waals surface area contributed by atoms with E-state index in [0.717, 1.165) is 22.5 Å². The summed E-state index contributed by atoms with van der Waals surface area (Å²) in [5.41, 5.74) is 9.15. The summed E-state index contributed by atoms with van der Waals surface area (Å²) in [7, 11) is 0. The number of carbonyl (C=O) groups excluding carboxylic acids is 1. The van der Waals surface area contributed by atoms with Gasteiger partial charge in [-0.15, -0.1) is 12.4 Å². The van der Waals surface area contributed by atoms with Gasteiger partial charge in [0.2, 0.25) is 11.8 Å². The van der Waals surface area contributed by atoms with E-state index in [1.807, 2.05) is 45.9 Å². The summed E-state index contributed by atoms with van der Waals surface area (Å²) in [5.74, 6) is 0.203. The number of nitrogens with zero attached hydrogens (tertiary/aromatic N) is 1. The first kappa shape index (κ1) is 18.2. The van der Waals surface area contributed by atoms with Crippen LogP contribution in [0.1, 0.15) is 25.1 Å². The Bertz CT molecular complexity index is 653. The molecule has 2 atom stereocenters. The number of hydrogen-bond acceptors (Lipinski definition) is 4. The van der Waals surface area contributed by atoms with E-state index in [1.54, 1.807) is 6.26 Å². The SMILES string of the molecule is Cc1coc(-c2ccc(C)c(NC(=O)C(C)C(C)N)c2)n1.Cl. The van der Waals surface area contributed by atoms with Gasteiger partial charge < -0.3 is 15.5 Å². The molecule has 5 nitrogen and oxygen atoms in total. The average molecular weight is 324 g/mol. The lowest BCUT2D eigenvalue weighted by Crippen LogP contribution is -2.34. The fourth-order valence-electron chi connectivity index (χ4n) is 1.86. The third-order valence-corrected chi connectivity index (χ3v) is 3.56. The Morgan fingerprint density at radius 1 is 1.32 bits per heavy atom. The molecule has 0 aliphatic heterocycles. The van der Waals surface area contributed by atoms with Gasteiger partial charge in [0, 0.05) is 17.3 Å². The number of aromatic nitrogens is 1. The second-order valence-corrected chi connectivity index (χ2v) is 5.46. The van der Waals surface area contributed by atoms with Gasteiger partial charge in [-0.25, -0.2) is 4.98 Å². The Morgan fingerprint density at radius 3 is 2.55 bits per heavy atom. The number of hydrogen-bond donors (Lipinski definition) is 2. The number of nitrogens with one attached hydrogen (secondary N) is 1. The van der Waals surface area contributed by atoms with Gasteiger partial charge in [-0.2, -0.15) is 0 Å². The van der Waals surface area contributed by atoms with Gasteiger partial charge in [0.15, 0.2) is 0 Å². The lowest BCUT2D eigenvalue weighted by molar-refractivity contribution is -0.119. The molecule has 1 amide bonds. The van der Waals surface area contributed by atoms with E-state index >= 15 is 0 Å². The molecule has 1 aromatic heterocycles. The molecule has 0 radical (unpaired) electrons. The molecule has 1 aromatic carbocycles. The number of oxazole rings is 1. The summed E-state index contributed by atoms with van der Waals surface area (Å²) in [6.45, 7) is 7.45. The standard InChI is InChI=1S/C16H21N3O2.ClH/c1-9-5-6-13(16-18-10(2)8-21-16)7-14(9)19-15(20)11(3)12(4)17;/h5-8,11-12H,17H2,1-4H3,(H,19,20);1H. The maximum atomic E-state index is 12.1. The number of amides is 1. The summed E-state index contributed by atoms with van der Waals surface area (Å²) in [5, 5.41) is 2.92. The van der Waals surface area contributed by atoms with Crippen molar-refractivity contribution in [1.82, 2.24) is 4.98 Å². The summed E-state index contributed by atoms with van der Waals surface area (Å²) in [4.78, 5) is 16.4. The Kier molecular flexibility index (Phi) is 6.14. The highest BCUT2D eigenvalue weighted by atomic mass is 35.5. The van der Waals surface area contributed by atoms with Crippen LogP contribution in [0, 0.1) is 19.8 Å². The second kappa shape index (κ2) is 7.42. The first-order chi connectivity index (χ1) is 9.88. The number of nitrogens with two attached hydrogens (primary N) is 1. The maximum Gasteiger partial charge on any atom is 0.228 e. The first-order valence-corrected chi connectivity index (χ1v) is 6.98. The smallest absolute Gasteiger partial charge is 0.228 e. The molecule has 1 heterocycles. The van der Waals surface area contributed by atoms with Crippen molar-refractivity contribution in [3.8, 4) is 11.5 Å². The molecule has 0 aliphatic rings. The van der Waals surface area contributed by atoms with Gasteiger partial charge in [-0.3, -0.25) is 4.79 Å². The molecule has 0 spiro atoms. The van der Waals surface area contributed by atoms with Crippen LogP contribution in [0.15, 0.2) is 28.9 Å². The van der Waals surface area contributed by atoms with E-state index in [4.69, 9.17) is 10.2 Å². The minimum Gasteiger partial charge on any atom is -0.444 e. The molecule has 0 fully saturated rings. The van der Waals surface area contributed by atoms with E-state index in [1.165, 1.54) is 0 Å². The number of benzene rings is 1. The van der Waals surface area contributed by atoms with E-state index in [-0.39, 0.29) is 30.3 Å². The summed E-state index contributed by atoms with van der Waals surface area (Å²) in [6, 6.07) is 5.53. The zero-order valence-electron chi connectivity index (χ0n) is 13.2. The van der Waals surface area contributed by atoms with Crippen LogP contribution in [0.3, 0.4) is 0 Å². The summed E-state index contributed by atoms with van der Waals surface area (Å²) < 4.78 is 5.39. The van der Waals surface area contributed by atoms with Crippen molar-refractivity contribution in [3.63, 3.8) is 0 Å². The molecule has 2 unspecified atom stereocenters. The van der Waals surface area contributed by atoms with Crippen LogP contribution in [0.2, 0.25) is 0 Å². The Hall–Kier alpha value is -1.85. The van der Waals surface area contributed by atoms with Crippen molar-refractivity contribution in [2.24, 2.45) is 11.7 Å². The highest BCUT2D eigenvalue weighted by molar-refractivity contribution is 5.94. The predicted octanol–water partition coefficient (Wildman–Crippen LogP) is 3.30. The Balaban J connectivity index is 0.00000242. The van der Waals surface area contributed by atoms with Gasteiger partial charge in [0.25, 0.3) is 0 Å². The average Bonchev–Trinajstić information content (AvgIpc) is 2.86. The fraction of sp³-hybridized carbons (Fsp3) is 0.375. The Labute approximate surface area is 136 Å². The van der Waals surface area contributed by atoms with Gasteiger partial charge in [-0.1, -0.05) is 13.0 Å². The summed E-state index contributed by atoms with van der Waals surface area (Å²) in [6.07, 6.45) is 1.60. The predicted molar refractivity (Wildman–Crippen MR) is 90.1 cm³/mol. The number of halogens is 1. The van der Waals surface area contributed by atoms with E-state index in [2.05, 4.69) is 10.3 Å². The molecule has 0 bridgehead atoms. The van der Waals surface area contributed by atoms with Crippen molar-refractivity contribution in [1.29, 1.82) is 0 Å². The molecule has 2 aromatic rings. The van der Waals surface area contributed by atoms with Gasteiger partial charge in [-0.05, 0) is 38.5 Å². The first-order valence-electron chi connectivity index (χ1n) is 6.98. The highest BCUT2D eigenvalue weighted by Crippen LogP contribution is 2.25. The van der Waals surface area contributed by atoms with Crippen molar-refractivity contribution in [2.75, 3.05) is 5.32 Å². The third kappa shape index (κ3) is 4.08. The highest BCUT2D eigenvalue weighted by Gasteiger charge is 2.18. The zero-order valence-corrected chi connectivity index (χ0v) is 14.0. The monoisotopic (exact) mass is 323 g/mol. The van der Waals surface area contributed by atoms with Crippen LogP contribution in [-0.4, -0.2) is 16.9 Å². The van der Waals surface area contributed by atoms with Gasteiger partial charge in [0.1, 0.15) is 6.26 Å². The lowest BCUT2D eigenvalue weighted by Gasteiger charge is -2.16. The molecule has 0 aliphatic carbocycles. The fourth-order valence-corrected chi connectivity index (χ4v) is 1.86. The van der Waals surface area contributed by atoms with Crippen molar-refractivity contribution in [3.05, 3.63) is 35.7 Å². The molecule has 3 N–H and O–H groups in total. The molecular formula is C16H22ClN3O2. The molecule has 2 rings (SSSR count). The quantitative estimate of drug-likeness (QED) is 0.904. The normalized spacial score (nSPS) is 13.1. The van der Waals surface area contributed by atoms with Gasteiger partial charge in [0.05, 0.1) is 11.6 Å². The largest absolute Gasteiger partial charge is 0.444 e. The number of carbonyl (C=O) groups is 1. The minimum absolute atomic E-state index is 0. The number of rotatable bonds is 4. The molecule has 6 heteroatoms.